The van der Waals surface area contributed by atoms with Gasteiger partial charge >= 0.3 is 6.36 Å². The van der Waals surface area contributed by atoms with Crippen molar-refractivity contribution in [3.8, 4) is 5.75 Å². The smallest absolute Gasteiger partial charge is 0.508 e. The lowest BCUT2D eigenvalue weighted by Crippen LogP contribution is -2.30. The molecule has 1 aliphatic heterocycles. The molecule has 2 aromatic carbocycles. The molecule has 0 spiro atoms. The number of para-hydroxylation sites is 2. The average Bonchev–Trinajstić information content (AvgIpc) is 2.85. The van der Waals surface area contributed by atoms with Gasteiger partial charge in [-0.2, -0.15) is 0 Å². The number of nitrogens with one attached hydrogen (secondary N) is 2. The van der Waals surface area contributed by atoms with Crippen molar-refractivity contribution in [1.82, 2.24) is 5.32 Å². The molecule has 2 aromatic rings. The molecule has 1 atom stereocenters. The number of amidine groups is 1. The lowest BCUT2D eigenvalue weighted by molar-refractivity contribution is -0.274. The minimum absolute atomic E-state index is 0.0348. The normalized spacial score (nSPS) is 15.2. The van der Waals surface area contributed by atoms with E-state index in [0.717, 1.165) is 16.8 Å². The van der Waals surface area contributed by atoms with Crippen LogP contribution in [0.2, 0.25) is 0 Å². The molecule has 0 bridgehead atoms. The van der Waals surface area contributed by atoms with E-state index in [-0.39, 0.29) is 17.1 Å². The molecular formula is C30H36F3N3O2. The first-order valence-corrected chi connectivity index (χ1v) is 12.5. The van der Waals surface area contributed by atoms with Gasteiger partial charge in [0.25, 0.3) is 0 Å². The number of alkyl halides is 3. The van der Waals surface area contributed by atoms with E-state index in [9.17, 15) is 18.3 Å². The summed E-state index contributed by atoms with van der Waals surface area (Å²) in [6.45, 7) is 15.5. The molecule has 0 amide bonds. The number of anilines is 1. The number of aryl methyl sites for hydroxylation is 1. The van der Waals surface area contributed by atoms with Gasteiger partial charge in [-0.25, -0.2) is 4.99 Å². The number of aliphatic hydroxyl groups is 1. The summed E-state index contributed by atoms with van der Waals surface area (Å²) in [4.78, 5) is 4.62. The highest BCUT2D eigenvalue weighted by atomic mass is 19.4. The topological polar surface area (TPSA) is 65.9 Å². The maximum absolute atomic E-state index is 12.9. The van der Waals surface area contributed by atoms with Gasteiger partial charge in [-0.15, -0.1) is 13.2 Å². The number of benzene rings is 2. The van der Waals surface area contributed by atoms with Gasteiger partial charge in [0.05, 0.1) is 0 Å². The molecule has 1 unspecified atom stereocenters. The predicted molar refractivity (Wildman–Crippen MR) is 149 cm³/mol. The predicted octanol–water partition coefficient (Wildman–Crippen LogP) is 8.64. The summed E-state index contributed by atoms with van der Waals surface area (Å²) in [5.74, 6) is 0.115. The fourth-order valence-electron chi connectivity index (χ4n) is 3.72. The highest BCUT2D eigenvalue weighted by Crippen LogP contribution is 2.37. The average molecular weight is 528 g/mol. The number of allylic oxidation sites excluding steroid dienone is 4. The number of aliphatic hydroxyl groups excluding tert-OH is 1. The van der Waals surface area contributed by atoms with Crippen molar-refractivity contribution in [1.29, 1.82) is 0 Å². The van der Waals surface area contributed by atoms with E-state index in [0.29, 0.717) is 17.1 Å². The summed E-state index contributed by atoms with van der Waals surface area (Å²) in [7, 11) is 0. The van der Waals surface area contributed by atoms with Crippen LogP contribution in [0.3, 0.4) is 0 Å². The van der Waals surface area contributed by atoms with Gasteiger partial charge in [-0.3, -0.25) is 0 Å². The number of hydrogen-bond acceptors (Lipinski definition) is 5. The van der Waals surface area contributed by atoms with Crippen molar-refractivity contribution in [3.63, 3.8) is 0 Å². The molecule has 5 nitrogen and oxygen atoms in total. The van der Waals surface area contributed by atoms with Crippen LogP contribution >= 0.6 is 0 Å². The van der Waals surface area contributed by atoms with Gasteiger partial charge < -0.3 is 20.5 Å². The maximum Gasteiger partial charge on any atom is 0.573 e. The Balaban J connectivity index is 0.000000926. The molecule has 0 fully saturated rings. The van der Waals surface area contributed by atoms with Crippen LogP contribution in [-0.2, 0) is 0 Å². The first-order chi connectivity index (χ1) is 18.0. The molecule has 0 aliphatic carbocycles. The highest BCUT2D eigenvalue weighted by molar-refractivity contribution is 6.06. The van der Waals surface area contributed by atoms with Gasteiger partial charge in [-0.1, -0.05) is 82.7 Å². The van der Waals surface area contributed by atoms with Gasteiger partial charge in [-0.05, 0) is 49.3 Å². The second-order valence-corrected chi connectivity index (χ2v) is 8.73. The van der Waals surface area contributed by atoms with E-state index in [1.807, 2.05) is 25.1 Å². The van der Waals surface area contributed by atoms with Crippen molar-refractivity contribution in [2.45, 2.75) is 59.5 Å². The zero-order chi connectivity index (χ0) is 28.3. The number of hydrogen-bond donors (Lipinski definition) is 3. The van der Waals surface area contributed by atoms with E-state index in [4.69, 9.17) is 0 Å². The third-order valence-corrected chi connectivity index (χ3v) is 5.56. The summed E-state index contributed by atoms with van der Waals surface area (Å²) in [5, 5.41) is 16.3. The lowest BCUT2D eigenvalue weighted by atomic mass is 10.0. The molecule has 3 rings (SSSR count). The number of aliphatic imine (C=N–C) groups is 1. The van der Waals surface area contributed by atoms with Crippen LogP contribution in [0.25, 0.3) is 0 Å². The summed E-state index contributed by atoms with van der Waals surface area (Å²) >= 11 is 0. The third-order valence-electron chi connectivity index (χ3n) is 5.56. The van der Waals surface area contributed by atoms with Gasteiger partial charge in [0, 0.05) is 22.5 Å². The van der Waals surface area contributed by atoms with Crippen LogP contribution in [0.4, 0.5) is 18.9 Å². The Morgan fingerprint density at radius 3 is 2.45 bits per heavy atom. The fraction of sp³-hybridized carbons (Fsp3) is 0.300. The molecule has 0 aromatic heterocycles. The van der Waals surface area contributed by atoms with E-state index in [1.54, 1.807) is 19.1 Å². The Hall–Kier alpha value is -3.94. The largest absolute Gasteiger partial charge is 0.573 e. The molecule has 1 heterocycles. The Morgan fingerprint density at radius 2 is 1.84 bits per heavy atom. The van der Waals surface area contributed by atoms with Crippen molar-refractivity contribution in [2.75, 3.05) is 5.32 Å². The molecule has 8 heteroatoms. The summed E-state index contributed by atoms with van der Waals surface area (Å²) < 4.78 is 43.0. The number of unbranched alkanes of at least 4 members (excludes halogenated alkanes) is 2. The Labute approximate surface area is 223 Å². The highest BCUT2D eigenvalue weighted by Gasteiger charge is 2.34. The van der Waals surface area contributed by atoms with E-state index >= 15 is 0 Å². The zero-order valence-corrected chi connectivity index (χ0v) is 22.3. The van der Waals surface area contributed by atoms with Crippen molar-refractivity contribution >= 4 is 11.5 Å². The Morgan fingerprint density at radius 1 is 1.16 bits per heavy atom. The number of ether oxygens (including phenoxy) is 1. The molecule has 3 N–H and O–H groups in total. The molecular weight excluding hydrogens is 491 g/mol. The number of halogens is 3. The standard InChI is InChI=1S/C25H24F3N3O2.C5H12/c1-5-9-20(32)16(3)14-17(4)29-24-19-12-8-10-15(2)22(19)30-23(31-24)18-11-6-7-13-21(18)33-25(26,27)28;1-3-5-4-2/h5-14,23,30,32H,1,4H2,2-3H3,(H,29,31);3-5H2,1-2H3/b16-14+,20-9-;. The molecule has 0 radical (unpaired) electrons. The molecule has 38 heavy (non-hydrogen) atoms. The minimum atomic E-state index is -4.83. The first-order valence-electron chi connectivity index (χ1n) is 12.5. The first kappa shape index (κ1) is 30.3. The van der Waals surface area contributed by atoms with E-state index in [2.05, 4.69) is 47.4 Å². The summed E-state index contributed by atoms with van der Waals surface area (Å²) in [6, 6.07) is 11.5. The van der Waals surface area contributed by atoms with Gasteiger partial charge in [0.15, 0.2) is 6.17 Å². The third kappa shape index (κ3) is 8.87. The number of nitrogens with zero attached hydrogens (tertiary/aromatic N) is 1. The van der Waals surface area contributed by atoms with E-state index < -0.39 is 12.5 Å². The van der Waals surface area contributed by atoms with Crippen LogP contribution in [0.1, 0.15) is 62.9 Å². The van der Waals surface area contributed by atoms with Crippen molar-refractivity contribution in [2.24, 2.45) is 4.99 Å². The Bertz CT molecular complexity index is 1210. The van der Waals surface area contributed by atoms with Crippen LogP contribution in [-0.4, -0.2) is 17.3 Å². The number of rotatable bonds is 8. The molecule has 0 saturated heterocycles. The molecule has 0 saturated carbocycles. The van der Waals surface area contributed by atoms with Crippen LogP contribution in [0.15, 0.2) is 95.9 Å². The fourth-order valence-corrected chi connectivity index (χ4v) is 3.72. The van der Waals surface area contributed by atoms with Gasteiger partial charge in [0.2, 0.25) is 0 Å². The van der Waals surface area contributed by atoms with Crippen molar-refractivity contribution < 1.29 is 23.0 Å². The molecule has 1 aliphatic rings. The summed E-state index contributed by atoms with van der Waals surface area (Å²) in [6.07, 6.45) is 2.95. The maximum atomic E-state index is 12.9. The lowest BCUT2D eigenvalue weighted by Gasteiger charge is -2.29. The van der Waals surface area contributed by atoms with Gasteiger partial charge in [0.1, 0.15) is 17.3 Å². The van der Waals surface area contributed by atoms with Crippen LogP contribution < -0.4 is 15.4 Å². The SMILES string of the molecule is C=C/C=C(O)/C(C)=C/C(=C)NC1=NC(c2ccccc2OC(F)(F)F)Nc2c(C)cccc21.CCCCC. The monoisotopic (exact) mass is 527 g/mol. The summed E-state index contributed by atoms with van der Waals surface area (Å²) in [5.41, 5.74) is 3.56. The minimum Gasteiger partial charge on any atom is -0.508 e. The zero-order valence-electron chi connectivity index (χ0n) is 22.3. The number of fused-ring (bicyclic) bond motifs is 1. The van der Waals surface area contributed by atoms with Crippen LogP contribution in [0, 0.1) is 6.92 Å². The second kappa shape index (κ2) is 14.1. The quantitative estimate of drug-likeness (QED) is 0.237. The van der Waals surface area contributed by atoms with Crippen molar-refractivity contribution in [3.05, 3.63) is 108 Å². The van der Waals surface area contributed by atoms with E-state index in [1.165, 1.54) is 49.6 Å². The Kier molecular flexibility index (Phi) is 11.3. The molecule has 204 valence electrons. The van der Waals surface area contributed by atoms with Crippen LogP contribution in [0.5, 0.6) is 5.75 Å². The second-order valence-electron chi connectivity index (χ2n) is 8.73.